The van der Waals surface area contributed by atoms with Crippen LogP contribution in [0, 0.1) is 0 Å². The number of carboxylic acid groups (broad SMARTS) is 1. The number of amides is 4. The van der Waals surface area contributed by atoms with Crippen LogP contribution < -0.4 is 16.4 Å². The van der Waals surface area contributed by atoms with Gasteiger partial charge in [0.2, 0.25) is 17.8 Å². The van der Waals surface area contributed by atoms with Gasteiger partial charge in [0, 0.05) is 37.0 Å². The van der Waals surface area contributed by atoms with Gasteiger partial charge in [-0.15, -0.1) is 11.3 Å². The highest BCUT2D eigenvalue weighted by molar-refractivity contribution is 7.84. The topological polar surface area (TPSA) is 277 Å². The Morgan fingerprint density at radius 2 is 2.09 bits per heavy atom. The summed E-state index contributed by atoms with van der Waals surface area (Å²) >= 11 is 0.920. The number of rotatable bonds is 12. The number of nitrogens with one attached hydrogen (secondary N) is 2. The Morgan fingerprint density at radius 1 is 1.37 bits per heavy atom. The third kappa shape index (κ3) is 6.73. The van der Waals surface area contributed by atoms with Crippen LogP contribution in [-0.4, -0.2) is 111 Å². The van der Waals surface area contributed by atoms with Crippen molar-refractivity contribution in [3.05, 3.63) is 28.6 Å². The van der Waals surface area contributed by atoms with E-state index in [1.807, 2.05) is 0 Å². The van der Waals surface area contributed by atoms with Crippen LogP contribution in [0.15, 0.2) is 21.1 Å². The predicted molar refractivity (Wildman–Crippen MR) is 144 cm³/mol. The number of β-lactam (4-membered cyclic amide) rings is 1. The molecule has 2 aliphatic rings. The fourth-order valence-electron chi connectivity index (χ4n) is 4.17. The Bertz CT molecular complexity index is 1580. The second-order valence-corrected chi connectivity index (χ2v) is 12.1. The molecule has 3 atom stereocenters. The van der Waals surface area contributed by atoms with Gasteiger partial charge in [0.15, 0.2) is 10.8 Å². The molecule has 2 aromatic heterocycles. The number of aromatic nitrogens is 2. The SMILES string of the molecule is CC(C)(O/N=C(\C(=O)NC1C(=O)N(S(=O)(=O)O)C1CNC(=O)c1cc(C2CCN(C=O)C2)no1)c1csc(N)n1)C(=O)O. The lowest BCUT2D eigenvalue weighted by atomic mass is 9.98. The summed E-state index contributed by atoms with van der Waals surface area (Å²) in [5, 5.41) is 22.7. The van der Waals surface area contributed by atoms with Crippen molar-refractivity contribution in [1.29, 1.82) is 0 Å². The number of oxime groups is 1. The second kappa shape index (κ2) is 11.9. The molecular weight excluding hydrogens is 616 g/mol. The van der Waals surface area contributed by atoms with E-state index in [9.17, 15) is 42.0 Å². The molecule has 21 heteroatoms. The number of likely N-dealkylation sites (tertiary alicyclic amines) is 1. The number of nitrogens with two attached hydrogens (primary N) is 1. The maximum atomic E-state index is 13.2. The zero-order valence-corrected chi connectivity index (χ0v) is 24.1. The van der Waals surface area contributed by atoms with Crippen LogP contribution in [0.4, 0.5) is 5.13 Å². The highest BCUT2D eigenvalue weighted by atomic mass is 32.2. The van der Waals surface area contributed by atoms with E-state index < -0.39 is 63.9 Å². The Labute approximate surface area is 246 Å². The van der Waals surface area contributed by atoms with Crippen molar-refractivity contribution in [3.63, 3.8) is 0 Å². The molecule has 0 aromatic carbocycles. The highest BCUT2D eigenvalue weighted by Gasteiger charge is 2.54. The number of hydrogen-bond acceptors (Lipinski definition) is 14. The monoisotopic (exact) mass is 642 g/mol. The lowest BCUT2D eigenvalue weighted by molar-refractivity contribution is -0.161. The molecule has 0 aliphatic carbocycles. The van der Waals surface area contributed by atoms with Crippen LogP contribution in [0.3, 0.4) is 0 Å². The Balaban J connectivity index is 1.49. The van der Waals surface area contributed by atoms with Crippen LogP contribution in [0.2, 0.25) is 0 Å². The summed E-state index contributed by atoms with van der Waals surface area (Å²) in [7, 11) is -5.10. The van der Waals surface area contributed by atoms with Crippen molar-refractivity contribution >= 4 is 62.6 Å². The van der Waals surface area contributed by atoms with Crippen molar-refractivity contribution in [2.24, 2.45) is 5.16 Å². The van der Waals surface area contributed by atoms with Crippen LogP contribution in [-0.2, 0) is 34.3 Å². The van der Waals surface area contributed by atoms with E-state index in [2.05, 4.69) is 25.9 Å². The Morgan fingerprint density at radius 3 is 2.67 bits per heavy atom. The van der Waals surface area contributed by atoms with Crippen molar-refractivity contribution in [3.8, 4) is 0 Å². The molecule has 0 bridgehead atoms. The summed E-state index contributed by atoms with van der Waals surface area (Å²) in [4.78, 5) is 71.4. The minimum Gasteiger partial charge on any atom is -0.478 e. The maximum absolute atomic E-state index is 13.2. The molecule has 6 N–H and O–H groups in total. The van der Waals surface area contributed by atoms with Gasteiger partial charge in [0.1, 0.15) is 11.7 Å². The molecule has 0 saturated carbocycles. The Hall–Kier alpha value is -4.63. The van der Waals surface area contributed by atoms with Gasteiger partial charge in [0.25, 0.3) is 17.7 Å². The van der Waals surface area contributed by atoms with Crippen LogP contribution in [0.5, 0.6) is 0 Å². The highest BCUT2D eigenvalue weighted by Crippen LogP contribution is 2.27. The first kappa shape index (κ1) is 31.3. The summed E-state index contributed by atoms with van der Waals surface area (Å²) in [6, 6.07) is -1.73. The average Bonchev–Trinajstić information content (AvgIpc) is 3.69. The van der Waals surface area contributed by atoms with E-state index >= 15 is 0 Å². The van der Waals surface area contributed by atoms with Gasteiger partial charge < -0.3 is 35.7 Å². The number of nitrogens with zero attached hydrogens (tertiary/aromatic N) is 5. The molecule has 2 saturated heterocycles. The number of carboxylic acids is 1. The van der Waals surface area contributed by atoms with Crippen LogP contribution in [0.25, 0.3) is 0 Å². The average molecular weight is 643 g/mol. The number of carbonyl (C=O) groups is 5. The van der Waals surface area contributed by atoms with E-state index in [4.69, 9.17) is 15.1 Å². The lowest BCUT2D eigenvalue weighted by Gasteiger charge is -2.44. The number of hydrogen-bond donors (Lipinski definition) is 5. The number of thiazole rings is 1. The molecule has 4 amide bonds. The van der Waals surface area contributed by atoms with E-state index in [1.54, 1.807) is 4.90 Å². The first-order valence-electron chi connectivity index (χ1n) is 12.4. The molecule has 4 rings (SSSR count). The third-order valence-electron chi connectivity index (χ3n) is 6.58. The van der Waals surface area contributed by atoms with Crippen LogP contribution >= 0.6 is 11.3 Å². The minimum atomic E-state index is -5.10. The van der Waals surface area contributed by atoms with Crippen LogP contribution in [0.1, 0.15) is 48.1 Å². The normalized spacial score (nSPS) is 20.9. The van der Waals surface area contributed by atoms with Crippen molar-refractivity contribution in [2.75, 3.05) is 25.4 Å². The smallest absolute Gasteiger partial charge is 0.362 e. The second-order valence-electron chi connectivity index (χ2n) is 9.96. The minimum absolute atomic E-state index is 0.0235. The first-order valence-corrected chi connectivity index (χ1v) is 14.7. The van der Waals surface area contributed by atoms with Gasteiger partial charge in [-0.25, -0.2) is 14.1 Å². The summed E-state index contributed by atoms with van der Waals surface area (Å²) in [5.41, 5.74) is 3.46. The quantitative estimate of drug-likeness (QED) is 0.0560. The summed E-state index contributed by atoms with van der Waals surface area (Å²) in [6.07, 6.45) is 1.31. The van der Waals surface area contributed by atoms with E-state index in [1.165, 1.54) is 11.4 Å². The maximum Gasteiger partial charge on any atom is 0.362 e. The van der Waals surface area contributed by atoms with Gasteiger partial charge in [-0.3, -0.25) is 23.7 Å². The molecule has 0 spiro atoms. The molecule has 2 aliphatic heterocycles. The molecule has 3 unspecified atom stereocenters. The van der Waals surface area contributed by atoms with Crippen molar-refractivity contribution in [2.45, 2.75) is 43.9 Å². The first-order chi connectivity index (χ1) is 20.1. The zero-order valence-electron chi connectivity index (χ0n) is 22.5. The molecule has 0 radical (unpaired) electrons. The molecular formula is C22H26N8O11S2. The zero-order chi connectivity index (χ0) is 31.7. The van der Waals surface area contributed by atoms with Gasteiger partial charge in [-0.2, -0.15) is 8.42 Å². The third-order valence-corrected chi connectivity index (χ3v) is 8.20. The number of aliphatic carboxylic acids is 1. The number of carbonyl (C=O) groups excluding carboxylic acids is 4. The molecule has 2 aromatic rings. The van der Waals surface area contributed by atoms with Gasteiger partial charge in [-0.1, -0.05) is 10.3 Å². The van der Waals surface area contributed by atoms with E-state index in [0.717, 1.165) is 25.2 Å². The van der Waals surface area contributed by atoms with E-state index in [0.29, 0.717) is 31.6 Å². The van der Waals surface area contributed by atoms with Gasteiger partial charge >= 0.3 is 16.3 Å². The van der Waals surface area contributed by atoms with Crippen molar-refractivity contribution < 1.29 is 51.4 Å². The summed E-state index contributed by atoms with van der Waals surface area (Å²) in [5.74, 6) is -5.00. The summed E-state index contributed by atoms with van der Waals surface area (Å²) in [6.45, 7) is 2.65. The molecule has 232 valence electrons. The fourth-order valence-corrected chi connectivity index (χ4v) is 5.60. The fraction of sp³-hybridized carbons (Fsp3) is 0.455. The largest absolute Gasteiger partial charge is 0.478 e. The summed E-state index contributed by atoms with van der Waals surface area (Å²) < 4.78 is 38.5. The lowest BCUT2D eigenvalue weighted by Crippen LogP contribution is -2.74. The van der Waals surface area contributed by atoms with E-state index in [-0.39, 0.29) is 26.8 Å². The Kier molecular flexibility index (Phi) is 8.69. The van der Waals surface area contributed by atoms with Crippen molar-refractivity contribution in [1.82, 2.24) is 30.0 Å². The molecule has 43 heavy (non-hydrogen) atoms. The van der Waals surface area contributed by atoms with Gasteiger partial charge in [-0.05, 0) is 20.3 Å². The molecule has 2 fully saturated rings. The molecule has 4 heterocycles. The number of anilines is 1. The number of nitrogen functional groups attached to an aromatic ring is 1. The predicted octanol–water partition coefficient (Wildman–Crippen LogP) is -1.83. The molecule has 19 nitrogen and oxygen atoms in total. The van der Waals surface area contributed by atoms with Gasteiger partial charge in [0.05, 0.1) is 11.7 Å². The standard InChI is InChI=1S/C22H26N8O11S2/c1-22(2,20(35)36)41-28-15(12-8-42-21(23)25-12)18(33)26-16-13(30(19(16)34)43(37,38)39)6-24-17(32)14-5-11(27-40-14)10-3-4-29(7-10)9-31/h5,8-10,13,16H,3-4,6-7H2,1-2H3,(H2,23,25)(H,24,32)(H,26,33)(H,35,36)(H,37,38,39)/b28-15-.